The van der Waals surface area contributed by atoms with Crippen molar-refractivity contribution < 1.29 is 5.11 Å². The highest BCUT2D eigenvalue weighted by molar-refractivity contribution is 5.48. The Kier molecular flexibility index (Phi) is 4.06. The van der Waals surface area contributed by atoms with Crippen molar-refractivity contribution in [3.05, 3.63) is 29.8 Å². The van der Waals surface area contributed by atoms with Gasteiger partial charge in [-0.05, 0) is 44.4 Å². The molecule has 1 aliphatic rings. The average molecular weight is 233 g/mol. The van der Waals surface area contributed by atoms with Gasteiger partial charge >= 0.3 is 0 Å². The third-order valence-corrected chi connectivity index (χ3v) is 3.76. The predicted octanol–water partition coefficient (Wildman–Crippen LogP) is 3.51. The summed E-state index contributed by atoms with van der Waals surface area (Å²) < 4.78 is 0. The highest BCUT2D eigenvalue weighted by Crippen LogP contribution is 2.25. The Hall–Kier alpha value is -1.02. The molecule has 1 heterocycles. The molecule has 1 aromatic carbocycles. The lowest BCUT2D eigenvalue weighted by Gasteiger charge is -2.29. The summed E-state index contributed by atoms with van der Waals surface area (Å²) in [4.78, 5) is 2.50. The molecule has 17 heavy (non-hydrogen) atoms. The van der Waals surface area contributed by atoms with E-state index in [1.807, 2.05) is 19.1 Å². The Morgan fingerprint density at radius 2 is 1.88 bits per heavy atom. The summed E-state index contributed by atoms with van der Waals surface area (Å²) in [6.07, 6.45) is 4.92. The molecule has 2 rings (SSSR count). The number of aliphatic hydroxyl groups is 1. The zero-order valence-electron chi connectivity index (χ0n) is 10.9. The molecule has 2 nitrogen and oxygen atoms in total. The standard InChI is InChI=1S/C15H23NO/c1-12-6-4-3-5-11-16(12)15-9-7-14(8-10-15)13(2)17/h7-10,12-13,17H,3-6,11H2,1-2H3. The van der Waals surface area contributed by atoms with E-state index in [1.165, 1.54) is 31.4 Å². The van der Waals surface area contributed by atoms with Crippen molar-refractivity contribution in [1.29, 1.82) is 0 Å². The van der Waals surface area contributed by atoms with Crippen LogP contribution in [0.4, 0.5) is 5.69 Å². The van der Waals surface area contributed by atoms with Gasteiger partial charge in [-0.2, -0.15) is 0 Å². The van der Waals surface area contributed by atoms with Crippen LogP contribution in [0.2, 0.25) is 0 Å². The van der Waals surface area contributed by atoms with E-state index in [0.29, 0.717) is 6.04 Å². The van der Waals surface area contributed by atoms with E-state index in [9.17, 15) is 5.11 Å². The first-order valence-electron chi connectivity index (χ1n) is 6.73. The highest BCUT2D eigenvalue weighted by atomic mass is 16.3. The van der Waals surface area contributed by atoms with E-state index in [1.54, 1.807) is 0 Å². The minimum atomic E-state index is -0.370. The molecule has 1 saturated heterocycles. The molecule has 1 aliphatic heterocycles. The van der Waals surface area contributed by atoms with Gasteiger partial charge in [0.1, 0.15) is 0 Å². The molecule has 0 saturated carbocycles. The monoisotopic (exact) mass is 233 g/mol. The summed E-state index contributed by atoms with van der Waals surface area (Å²) in [5.74, 6) is 0. The van der Waals surface area contributed by atoms with E-state index in [4.69, 9.17) is 0 Å². The summed E-state index contributed by atoms with van der Waals surface area (Å²) in [6, 6.07) is 9.00. The molecule has 1 aromatic rings. The molecule has 1 fully saturated rings. The van der Waals surface area contributed by atoms with Crippen LogP contribution in [0.15, 0.2) is 24.3 Å². The van der Waals surface area contributed by atoms with Crippen molar-refractivity contribution in [3.8, 4) is 0 Å². The van der Waals surface area contributed by atoms with Crippen molar-refractivity contribution in [2.45, 2.75) is 51.7 Å². The van der Waals surface area contributed by atoms with Crippen LogP contribution in [0, 0.1) is 0 Å². The van der Waals surface area contributed by atoms with Gasteiger partial charge in [0.25, 0.3) is 0 Å². The zero-order chi connectivity index (χ0) is 12.3. The molecule has 0 spiro atoms. The van der Waals surface area contributed by atoms with Gasteiger partial charge in [0.15, 0.2) is 0 Å². The molecule has 0 aliphatic carbocycles. The van der Waals surface area contributed by atoms with Gasteiger partial charge < -0.3 is 10.0 Å². The minimum Gasteiger partial charge on any atom is -0.389 e. The summed E-state index contributed by atoms with van der Waals surface area (Å²) in [7, 11) is 0. The Balaban J connectivity index is 2.14. The van der Waals surface area contributed by atoms with Crippen LogP contribution in [-0.2, 0) is 0 Å². The van der Waals surface area contributed by atoms with Gasteiger partial charge in [0.2, 0.25) is 0 Å². The first-order valence-corrected chi connectivity index (χ1v) is 6.73. The molecule has 0 aromatic heterocycles. The van der Waals surface area contributed by atoms with Crippen LogP contribution >= 0.6 is 0 Å². The predicted molar refractivity (Wildman–Crippen MR) is 72.4 cm³/mol. The molecular weight excluding hydrogens is 210 g/mol. The summed E-state index contributed by atoms with van der Waals surface area (Å²) in [5, 5.41) is 9.51. The van der Waals surface area contributed by atoms with Crippen molar-refractivity contribution in [2.24, 2.45) is 0 Å². The number of anilines is 1. The number of rotatable bonds is 2. The lowest BCUT2D eigenvalue weighted by atomic mass is 10.1. The van der Waals surface area contributed by atoms with Crippen molar-refractivity contribution in [2.75, 3.05) is 11.4 Å². The summed E-state index contributed by atoms with van der Waals surface area (Å²) in [6.45, 7) is 5.28. The van der Waals surface area contributed by atoms with Gasteiger partial charge in [0.05, 0.1) is 6.10 Å². The Morgan fingerprint density at radius 1 is 1.18 bits per heavy atom. The van der Waals surface area contributed by atoms with Crippen LogP contribution in [0.1, 0.15) is 51.2 Å². The van der Waals surface area contributed by atoms with E-state index >= 15 is 0 Å². The van der Waals surface area contributed by atoms with E-state index < -0.39 is 0 Å². The van der Waals surface area contributed by atoms with Crippen LogP contribution in [0.3, 0.4) is 0 Å². The average Bonchev–Trinajstić information content (AvgIpc) is 2.54. The fourth-order valence-electron chi connectivity index (χ4n) is 2.60. The molecule has 2 atom stereocenters. The van der Waals surface area contributed by atoms with Gasteiger partial charge in [0, 0.05) is 18.3 Å². The maximum atomic E-state index is 9.51. The molecule has 2 heteroatoms. The highest BCUT2D eigenvalue weighted by Gasteiger charge is 2.17. The fourth-order valence-corrected chi connectivity index (χ4v) is 2.60. The molecule has 0 radical (unpaired) electrons. The van der Waals surface area contributed by atoms with E-state index in [-0.39, 0.29) is 6.10 Å². The molecule has 0 bridgehead atoms. The minimum absolute atomic E-state index is 0.370. The summed E-state index contributed by atoms with van der Waals surface area (Å²) >= 11 is 0. The number of hydrogen-bond donors (Lipinski definition) is 1. The molecule has 1 N–H and O–H groups in total. The van der Waals surface area contributed by atoms with Gasteiger partial charge in [-0.25, -0.2) is 0 Å². The molecular formula is C15H23NO. The Morgan fingerprint density at radius 3 is 2.53 bits per heavy atom. The smallest absolute Gasteiger partial charge is 0.0761 e. The van der Waals surface area contributed by atoms with E-state index in [2.05, 4.69) is 24.0 Å². The van der Waals surface area contributed by atoms with Gasteiger partial charge in [-0.1, -0.05) is 25.0 Å². The van der Waals surface area contributed by atoms with Gasteiger partial charge in [-0.15, -0.1) is 0 Å². The van der Waals surface area contributed by atoms with Crippen molar-refractivity contribution >= 4 is 5.69 Å². The van der Waals surface area contributed by atoms with Crippen LogP contribution in [0.5, 0.6) is 0 Å². The normalized spacial score (nSPS) is 23.2. The second-order valence-electron chi connectivity index (χ2n) is 5.16. The first-order chi connectivity index (χ1) is 8.18. The SMILES string of the molecule is CC(O)c1ccc(N2CCCCCC2C)cc1. The molecule has 2 unspecified atom stereocenters. The second-order valence-corrected chi connectivity index (χ2v) is 5.16. The third-order valence-electron chi connectivity index (χ3n) is 3.76. The first kappa shape index (κ1) is 12.4. The maximum Gasteiger partial charge on any atom is 0.0761 e. The number of hydrogen-bond acceptors (Lipinski definition) is 2. The van der Waals surface area contributed by atoms with E-state index in [0.717, 1.165) is 12.1 Å². The Bertz CT molecular complexity index is 344. The lowest BCUT2D eigenvalue weighted by Crippen LogP contribution is -2.32. The number of aliphatic hydroxyl groups excluding tert-OH is 1. The topological polar surface area (TPSA) is 23.5 Å². The number of nitrogens with zero attached hydrogens (tertiary/aromatic N) is 1. The molecule has 94 valence electrons. The second kappa shape index (κ2) is 5.54. The van der Waals surface area contributed by atoms with Crippen LogP contribution in [-0.4, -0.2) is 17.7 Å². The largest absolute Gasteiger partial charge is 0.389 e. The quantitative estimate of drug-likeness (QED) is 0.845. The fraction of sp³-hybridized carbons (Fsp3) is 0.600. The maximum absolute atomic E-state index is 9.51. The Labute approximate surface area is 104 Å². The third kappa shape index (κ3) is 3.01. The van der Waals surface area contributed by atoms with Gasteiger partial charge in [-0.3, -0.25) is 0 Å². The van der Waals surface area contributed by atoms with Crippen molar-refractivity contribution in [1.82, 2.24) is 0 Å². The zero-order valence-corrected chi connectivity index (χ0v) is 10.9. The van der Waals surface area contributed by atoms with Crippen LogP contribution in [0.25, 0.3) is 0 Å². The van der Waals surface area contributed by atoms with Crippen LogP contribution < -0.4 is 4.90 Å². The van der Waals surface area contributed by atoms with Crippen molar-refractivity contribution in [3.63, 3.8) is 0 Å². The lowest BCUT2D eigenvalue weighted by molar-refractivity contribution is 0.199. The number of benzene rings is 1. The summed E-state index contributed by atoms with van der Waals surface area (Å²) in [5.41, 5.74) is 2.29. The molecule has 0 amide bonds.